The van der Waals surface area contributed by atoms with E-state index in [-0.39, 0.29) is 30.3 Å². The summed E-state index contributed by atoms with van der Waals surface area (Å²) in [6.07, 6.45) is 0.324. The van der Waals surface area contributed by atoms with E-state index in [1.54, 1.807) is 0 Å². The Labute approximate surface area is 188 Å². The largest absolute Gasteiger partial charge is 0.480 e. The van der Waals surface area contributed by atoms with Gasteiger partial charge in [-0.25, -0.2) is 9.59 Å². The van der Waals surface area contributed by atoms with Crippen molar-refractivity contribution in [2.24, 2.45) is 0 Å². The summed E-state index contributed by atoms with van der Waals surface area (Å²) in [7, 11) is 0. The standard InChI is InChI=1S/C23H21N3O7/c27-10-20(22(29)30)25-21(28)18-12-33-26-19(18)9-24-23(31)32-11-17-15-7-3-1-5-13(15)14-6-2-4-8-16(14)17/h1-8,12,17,20,27H,9-11H2,(H,24,31)(H,25,28)(H,29,30)/t20-/m1/s1. The highest BCUT2D eigenvalue weighted by atomic mass is 16.5. The Bertz CT molecular complexity index is 1140. The van der Waals surface area contributed by atoms with Crippen LogP contribution in [0.15, 0.2) is 59.3 Å². The second-order valence-corrected chi connectivity index (χ2v) is 7.40. The molecule has 2 aromatic carbocycles. The number of nitrogens with one attached hydrogen (secondary N) is 2. The summed E-state index contributed by atoms with van der Waals surface area (Å²) < 4.78 is 10.2. The van der Waals surface area contributed by atoms with Gasteiger partial charge in [0.1, 0.15) is 24.1 Å². The number of rotatable bonds is 8. The molecule has 0 aliphatic heterocycles. The van der Waals surface area contributed by atoms with Crippen LogP contribution in [0, 0.1) is 0 Å². The van der Waals surface area contributed by atoms with E-state index < -0.39 is 30.6 Å². The Hall–Kier alpha value is -4.18. The van der Waals surface area contributed by atoms with E-state index >= 15 is 0 Å². The lowest BCUT2D eigenvalue weighted by Crippen LogP contribution is -2.43. The number of amides is 2. The van der Waals surface area contributed by atoms with Crippen LogP contribution in [0.4, 0.5) is 4.79 Å². The Morgan fingerprint density at radius 2 is 1.70 bits per heavy atom. The van der Waals surface area contributed by atoms with Crippen molar-refractivity contribution in [3.8, 4) is 11.1 Å². The zero-order chi connectivity index (χ0) is 23.4. The van der Waals surface area contributed by atoms with Crippen molar-refractivity contribution in [2.75, 3.05) is 13.2 Å². The third-order valence-corrected chi connectivity index (χ3v) is 5.42. The average Bonchev–Trinajstić information content (AvgIpc) is 3.42. The van der Waals surface area contributed by atoms with Crippen LogP contribution in [0.1, 0.15) is 33.1 Å². The quantitative estimate of drug-likeness (QED) is 0.405. The van der Waals surface area contributed by atoms with Crippen LogP contribution in [-0.4, -0.2) is 52.6 Å². The first-order chi connectivity index (χ1) is 16.0. The molecule has 170 valence electrons. The molecular formula is C23H21N3O7. The number of aromatic nitrogens is 1. The molecule has 1 aromatic heterocycles. The second kappa shape index (κ2) is 9.53. The SMILES string of the molecule is O=C(NCc1nocc1C(=O)N[C@H](CO)C(=O)O)OCC1c2ccccc2-c2ccccc21. The molecule has 0 spiro atoms. The molecule has 1 heterocycles. The van der Waals surface area contributed by atoms with Crippen molar-refractivity contribution in [1.82, 2.24) is 15.8 Å². The topological polar surface area (TPSA) is 151 Å². The predicted octanol–water partition coefficient (Wildman–Crippen LogP) is 1.89. The minimum absolute atomic E-state index is 0.0614. The molecular weight excluding hydrogens is 430 g/mol. The van der Waals surface area contributed by atoms with Crippen LogP contribution in [0.2, 0.25) is 0 Å². The van der Waals surface area contributed by atoms with Gasteiger partial charge in [0.25, 0.3) is 5.91 Å². The van der Waals surface area contributed by atoms with Crippen LogP contribution in [-0.2, 0) is 16.1 Å². The fourth-order valence-corrected chi connectivity index (χ4v) is 3.80. The van der Waals surface area contributed by atoms with Gasteiger partial charge in [0, 0.05) is 5.92 Å². The molecule has 0 radical (unpaired) electrons. The number of benzene rings is 2. The first kappa shape index (κ1) is 22.0. The smallest absolute Gasteiger partial charge is 0.407 e. The molecule has 3 aromatic rings. The molecule has 10 nitrogen and oxygen atoms in total. The lowest BCUT2D eigenvalue weighted by atomic mass is 9.98. The molecule has 33 heavy (non-hydrogen) atoms. The average molecular weight is 451 g/mol. The summed E-state index contributed by atoms with van der Waals surface area (Å²) in [5.74, 6) is -2.29. The van der Waals surface area contributed by atoms with Crippen LogP contribution < -0.4 is 10.6 Å². The van der Waals surface area contributed by atoms with Gasteiger partial charge < -0.3 is 30.1 Å². The number of aliphatic carboxylic acids is 1. The van der Waals surface area contributed by atoms with E-state index in [1.807, 2.05) is 48.5 Å². The normalized spacial score (nSPS) is 13.0. The number of nitrogens with zero attached hydrogens (tertiary/aromatic N) is 1. The Morgan fingerprint density at radius 3 is 2.30 bits per heavy atom. The number of carboxylic acids is 1. The van der Waals surface area contributed by atoms with E-state index in [0.29, 0.717) is 0 Å². The minimum atomic E-state index is -1.48. The number of ether oxygens (including phenoxy) is 1. The summed E-state index contributed by atoms with van der Waals surface area (Å²) in [6, 6.07) is 14.5. The highest BCUT2D eigenvalue weighted by Crippen LogP contribution is 2.44. The monoisotopic (exact) mass is 451 g/mol. The van der Waals surface area contributed by atoms with Gasteiger partial charge in [0.05, 0.1) is 13.2 Å². The van der Waals surface area contributed by atoms with Crippen molar-refractivity contribution in [3.05, 3.63) is 77.2 Å². The molecule has 2 amide bonds. The molecule has 0 saturated heterocycles. The summed E-state index contributed by atoms with van der Waals surface area (Å²) >= 11 is 0. The third-order valence-electron chi connectivity index (χ3n) is 5.42. The number of hydrogen-bond acceptors (Lipinski definition) is 7. The van der Waals surface area contributed by atoms with Gasteiger partial charge in [0.2, 0.25) is 0 Å². The van der Waals surface area contributed by atoms with Gasteiger partial charge in [0.15, 0.2) is 6.04 Å². The minimum Gasteiger partial charge on any atom is -0.480 e. The van der Waals surface area contributed by atoms with Crippen LogP contribution >= 0.6 is 0 Å². The van der Waals surface area contributed by atoms with Gasteiger partial charge >= 0.3 is 12.1 Å². The number of aliphatic hydroxyl groups excluding tert-OH is 1. The molecule has 10 heteroatoms. The first-order valence-electron chi connectivity index (χ1n) is 10.2. The predicted molar refractivity (Wildman–Crippen MR) is 114 cm³/mol. The number of alkyl carbamates (subject to hydrolysis) is 1. The van der Waals surface area contributed by atoms with Crippen LogP contribution in [0.25, 0.3) is 11.1 Å². The zero-order valence-electron chi connectivity index (χ0n) is 17.4. The molecule has 0 unspecified atom stereocenters. The van der Waals surface area contributed by atoms with Crippen LogP contribution in [0.5, 0.6) is 0 Å². The second-order valence-electron chi connectivity index (χ2n) is 7.40. The fourth-order valence-electron chi connectivity index (χ4n) is 3.80. The highest BCUT2D eigenvalue weighted by molar-refractivity contribution is 5.97. The number of carbonyl (C=O) groups is 3. The number of carboxylic acid groups (broad SMARTS) is 1. The summed E-state index contributed by atoms with van der Waals surface area (Å²) in [5, 5.41) is 26.3. The van der Waals surface area contributed by atoms with Crippen molar-refractivity contribution in [1.29, 1.82) is 0 Å². The fraction of sp³-hybridized carbons (Fsp3) is 0.217. The van der Waals surface area contributed by atoms with Gasteiger partial charge in [-0.2, -0.15) is 0 Å². The van der Waals surface area contributed by atoms with Gasteiger partial charge in [-0.1, -0.05) is 53.7 Å². The number of aliphatic hydroxyl groups is 1. The number of carbonyl (C=O) groups excluding carboxylic acids is 2. The maximum absolute atomic E-state index is 12.3. The Balaban J connectivity index is 1.36. The summed E-state index contributed by atoms with van der Waals surface area (Å²) in [6.45, 7) is -0.824. The lowest BCUT2D eigenvalue weighted by molar-refractivity contribution is -0.140. The zero-order valence-corrected chi connectivity index (χ0v) is 17.4. The van der Waals surface area contributed by atoms with E-state index in [4.69, 9.17) is 19.5 Å². The van der Waals surface area contributed by atoms with Crippen molar-refractivity contribution >= 4 is 18.0 Å². The third kappa shape index (κ3) is 4.55. The Morgan fingerprint density at radius 1 is 1.06 bits per heavy atom. The van der Waals surface area contributed by atoms with E-state index in [9.17, 15) is 14.4 Å². The molecule has 0 bridgehead atoms. The first-order valence-corrected chi connectivity index (χ1v) is 10.2. The molecule has 4 rings (SSSR count). The molecule has 1 aliphatic rings. The lowest BCUT2D eigenvalue weighted by Gasteiger charge is -2.14. The summed E-state index contributed by atoms with van der Waals surface area (Å²) in [4.78, 5) is 35.5. The van der Waals surface area contributed by atoms with Crippen LogP contribution in [0.3, 0.4) is 0 Å². The maximum atomic E-state index is 12.3. The van der Waals surface area contributed by atoms with Gasteiger partial charge in [-0.15, -0.1) is 0 Å². The molecule has 0 fully saturated rings. The highest BCUT2D eigenvalue weighted by Gasteiger charge is 2.29. The van der Waals surface area contributed by atoms with E-state index in [1.165, 1.54) is 0 Å². The van der Waals surface area contributed by atoms with Crippen molar-refractivity contribution in [2.45, 2.75) is 18.5 Å². The van der Waals surface area contributed by atoms with Crippen molar-refractivity contribution < 1.29 is 33.9 Å². The van der Waals surface area contributed by atoms with E-state index in [0.717, 1.165) is 28.5 Å². The molecule has 1 atom stereocenters. The molecule has 4 N–H and O–H groups in total. The number of hydrogen-bond donors (Lipinski definition) is 4. The van der Waals surface area contributed by atoms with Crippen molar-refractivity contribution in [3.63, 3.8) is 0 Å². The van der Waals surface area contributed by atoms with E-state index in [2.05, 4.69) is 15.8 Å². The number of fused-ring (bicyclic) bond motifs is 3. The maximum Gasteiger partial charge on any atom is 0.407 e. The molecule has 1 aliphatic carbocycles. The van der Waals surface area contributed by atoms with Gasteiger partial charge in [-0.3, -0.25) is 4.79 Å². The van der Waals surface area contributed by atoms with Gasteiger partial charge in [-0.05, 0) is 22.3 Å². The molecule has 0 saturated carbocycles. The summed E-state index contributed by atoms with van der Waals surface area (Å²) in [5.41, 5.74) is 4.42. The Kier molecular flexibility index (Phi) is 6.36.